The van der Waals surface area contributed by atoms with Crippen LogP contribution in [0.5, 0.6) is 0 Å². The minimum atomic E-state index is 1.16. The molecule has 0 saturated carbocycles. The zero-order valence-corrected chi connectivity index (χ0v) is 70.8. The summed E-state index contributed by atoms with van der Waals surface area (Å²) in [6.45, 7) is 0. The molecule has 0 spiro atoms. The smallest absolute Gasteiger partial charge is 0.0553 e. The van der Waals surface area contributed by atoms with Gasteiger partial charge in [0.2, 0.25) is 0 Å². The van der Waals surface area contributed by atoms with Gasteiger partial charge in [0.15, 0.2) is 0 Å². The summed E-state index contributed by atoms with van der Waals surface area (Å²) in [6, 6.07) is 170. The number of nitrogens with one attached hydrogen (secondary N) is 3. The van der Waals surface area contributed by atoms with E-state index in [0.29, 0.717) is 0 Å². The highest BCUT2D eigenvalue weighted by atomic mass is 15.0. The molecule has 0 aliphatic rings. The first-order valence-corrected chi connectivity index (χ1v) is 44.8. The average Bonchev–Trinajstić information content (AvgIpc) is 1.69. The Balaban J connectivity index is 0.000000103. The monoisotopic (exact) mass is 1650 g/mol. The second-order valence-electron chi connectivity index (χ2n) is 34.3. The van der Waals surface area contributed by atoms with Crippen LogP contribution in [0.4, 0.5) is 0 Å². The van der Waals surface area contributed by atoms with E-state index in [1.807, 2.05) is 0 Å². The number of hydrogen-bond donors (Lipinski definition) is 3. The van der Waals surface area contributed by atoms with E-state index in [2.05, 4.69) is 496 Å². The first kappa shape index (κ1) is 74.1. The van der Waals surface area contributed by atoms with Crippen LogP contribution in [0.2, 0.25) is 0 Å². The number of H-pyrrole nitrogens is 3. The minimum Gasteiger partial charge on any atom is -0.354 e. The zero-order valence-electron chi connectivity index (χ0n) is 70.8. The van der Waals surface area contributed by atoms with Crippen LogP contribution in [-0.2, 0) is 0 Å². The predicted octanol–water partition coefficient (Wildman–Crippen LogP) is 33.9. The van der Waals surface area contributed by atoms with Crippen molar-refractivity contribution < 1.29 is 0 Å². The molecule has 6 heterocycles. The Hall–Kier alpha value is -17.3. The van der Waals surface area contributed by atoms with Crippen molar-refractivity contribution in [3.63, 3.8) is 0 Å². The van der Waals surface area contributed by atoms with Crippen LogP contribution in [0.25, 0.3) is 258 Å². The molecule has 28 rings (SSSR count). The summed E-state index contributed by atoms with van der Waals surface area (Å²) in [5.41, 5.74) is 32.6. The predicted molar refractivity (Wildman–Crippen MR) is 553 cm³/mol. The van der Waals surface area contributed by atoms with Crippen molar-refractivity contribution in [1.82, 2.24) is 28.7 Å². The summed E-state index contributed by atoms with van der Waals surface area (Å²) >= 11 is 0. The van der Waals surface area contributed by atoms with E-state index in [4.69, 9.17) is 0 Å². The van der Waals surface area contributed by atoms with Gasteiger partial charge in [-0.25, -0.2) is 0 Å². The Labute approximate surface area is 748 Å². The summed E-state index contributed by atoms with van der Waals surface area (Å²) in [5.74, 6) is 0. The minimum absolute atomic E-state index is 1.16. The number of nitrogens with zero attached hydrogens (tertiary/aromatic N) is 3. The van der Waals surface area contributed by atoms with Gasteiger partial charge in [-0.05, 0) is 225 Å². The lowest BCUT2D eigenvalue weighted by Crippen LogP contribution is -1.94. The van der Waals surface area contributed by atoms with Gasteiger partial charge < -0.3 is 28.7 Å². The van der Waals surface area contributed by atoms with Gasteiger partial charge in [-0.1, -0.05) is 352 Å². The molecule has 22 aromatic carbocycles. The molecule has 0 aliphatic heterocycles. The number of para-hydroxylation sites is 9. The van der Waals surface area contributed by atoms with Gasteiger partial charge >= 0.3 is 0 Å². The molecule has 6 aromatic heterocycles. The van der Waals surface area contributed by atoms with Gasteiger partial charge in [-0.3, -0.25) is 0 Å². The second kappa shape index (κ2) is 30.2. The average molecular weight is 1650 g/mol. The lowest BCUT2D eigenvalue weighted by Gasteiger charge is -2.16. The standard InChI is InChI=1S/C44H28N2.2C40H26N2/c1-2-12-29(13-3-1)46-42-21-11-9-19-38(42)44-37-18-7-6-16-33(37)39(27-43(44)46)34-25-24-30(31-14-4-5-15-32(31)34)28-22-23-36-35-17-8-10-20-40(35)45-41(36)26-28;1-2-13-29(14-3-1)42-38-20-9-7-18-34(38)40-33-17-5-4-15-30(33)35(25-39(40)42)28-12-10-11-26(23-28)27-21-22-32-31-16-6-8-19-36(31)41-37(32)24-27;1-2-10-29(11-3-1)42-38-17-9-7-15-34(38)40-33-14-5-4-12-30(33)35(25-39(40)42)27-20-18-26(19-21-27)28-22-23-32-31-13-6-8-16-36(31)41-37(32)24-28/h1-27,45H;2*1-25,41H. The number of fused-ring (bicyclic) bond motifs is 25. The quantitative estimate of drug-likeness (QED) is 0.129. The van der Waals surface area contributed by atoms with E-state index in [9.17, 15) is 0 Å². The molecule has 606 valence electrons. The highest BCUT2D eigenvalue weighted by Crippen LogP contribution is 2.49. The molecule has 6 heteroatoms. The van der Waals surface area contributed by atoms with Gasteiger partial charge in [0, 0.05) is 115 Å². The van der Waals surface area contributed by atoms with E-state index < -0.39 is 0 Å². The van der Waals surface area contributed by atoms with E-state index >= 15 is 0 Å². The third kappa shape index (κ3) is 12.0. The molecule has 3 N–H and O–H groups in total. The van der Waals surface area contributed by atoms with Crippen molar-refractivity contribution in [1.29, 1.82) is 0 Å². The summed E-state index contributed by atoms with van der Waals surface area (Å²) in [6.07, 6.45) is 0. The van der Waals surface area contributed by atoms with Crippen LogP contribution >= 0.6 is 0 Å². The normalized spacial score (nSPS) is 11.8. The van der Waals surface area contributed by atoms with Crippen molar-refractivity contribution in [3.8, 4) is 83.8 Å². The lowest BCUT2D eigenvalue weighted by molar-refractivity contribution is 1.18. The first-order chi connectivity index (χ1) is 64.5. The van der Waals surface area contributed by atoms with Crippen LogP contribution in [0.1, 0.15) is 0 Å². The maximum Gasteiger partial charge on any atom is 0.0553 e. The third-order valence-electron chi connectivity index (χ3n) is 27.2. The highest BCUT2D eigenvalue weighted by molar-refractivity contribution is 6.28. The molecular formula is C124H80N6. The highest BCUT2D eigenvalue weighted by Gasteiger charge is 2.24. The SMILES string of the molecule is c1ccc(-n2c3ccccc3c3c4ccccc4c(-c4ccc(-c5ccc6c(c5)[nH]c5ccccc56)c5ccccc45)cc32)cc1.c1ccc(-n2c3ccccc3c3c4ccccc4c(-c4ccc(-c5ccc6c(c5)[nH]c5ccccc56)cc4)cc32)cc1.c1ccc(-n2c3ccccc3c3c4ccccc4c(-c4cccc(-c5ccc6c(c5)[nH]c5ccccc56)c4)cc32)cc1. The van der Waals surface area contributed by atoms with Gasteiger partial charge in [-0.15, -0.1) is 0 Å². The Bertz CT molecular complexity index is 9420. The molecular weight excluding hydrogens is 1570 g/mol. The van der Waals surface area contributed by atoms with Crippen LogP contribution in [0.15, 0.2) is 467 Å². The van der Waals surface area contributed by atoms with Crippen LogP contribution in [0.3, 0.4) is 0 Å². The van der Waals surface area contributed by atoms with E-state index in [1.165, 1.54) is 252 Å². The Kier molecular flexibility index (Phi) is 17.2. The second-order valence-corrected chi connectivity index (χ2v) is 34.3. The van der Waals surface area contributed by atoms with Gasteiger partial charge in [0.05, 0.1) is 33.1 Å². The molecule has 0 aliphatic carbocycles. The molecule has 0 radical (unpaired) electrons. The molecule has 28 aromatic rings. The number of rotatable bonds is 9. The lowest BCUT2D eigenvalue weighted by atomic mass is 9.89. The van der Waals surface area contributed by atoms with Crippen LogP contribution < -0.4 is 0 Å². The fourth-order valence-corrected chi connectivity index (χ4v) is 21.3. The topological polar surface area (TPSA) is 62.2 Å². The molecule has 0 unspecified atom stereocenters. The largest absolute Gasteiger partial charge is 0.354 e. The van der Waals surface area contributed by atoms with E-state index in [-0.39, 0.29) is 0 Å². The summed E-state index contributed by atoms with van der Waals surface area (Å²) in [4.78, 5) is 10.8. The summed E-state index contributed by atoms with van der Waals surface area (Å²) in [7, 11) is 0. The van der Waals surface area contributed by atoms with Crippen molar-refractivity contribution in [2.75, 3.05) is 0 Å². The fraction of sp³-hybridized carbons (Fsp3) is 0. The van der Waals surface area contributed by atoms with Crippen molar-refractivity contribution in [2.45, 2.75) is 0 Å². The first-order valence-electron chi connectivity index (χ1n) is 44.8. The molecule has 0 atom stereocenters. The van der Waals surface area contributed by atoms with Gasteiger partial charge in [-0.2, -0.15) is 0 Å². The van der Waals surface area contributed by atoms with E-state index in [0.717, 1.165) is 5.52 Å². The molecule has 130 heavy (non-hydrogen) atoms. The third-order valence-corrected chi connectivity index (χ3v) is 27.2. The van der Waals surface area contributed by atoms with Gasteiger partial charge in [0.1, 0.15) is 0 Å². The van der Waals surface area contributed by atoms with E-state index in [1.54, 1.807) is 0 Å². The number of aromatic amines is 3. The molecule has 0 saturated heterocycles. The van der Waals surface area contributed by atoms with Crippen LogP contribution in [0, 0.1) is 0 Å². The number of aromatic nitrogens is 6. The maximum atomic E-state index is 3.64. The number of benzene rings is 22. The number of hydrogen-bond acceptors (Lipinski definition) is 0. The Morgan fingerprint density at radius 1 is 0.123 bits per heavy atom. The van der Waals surface area contributed by atoms with Crippen LogP contribution in [-0.4, -0.2) is 28.7 Å². The maximum absolute atomic E-state index is 3.64. The van der Waals surface area contributed by atoms with Crippen molar-refractivity contribution >= 4 is 174 Å². The fourth-order valence-electron chi connectivity index (χ4n) is 21.3. The molecule has 6 nitrogen and oxygen atoms in total. The summed E-state index contributed by atoms with van der Waals surface area (Å²) < 4.78 is 7.24. The van der Waals surface area contributed by atoms with Gasteiger partial charge in [0.25, 0.3) is 0 Å². The molecule has 0 fully saturated rings. The molecule has 0 bridgehead atoms. The summed E-state index contributed by atoms with van der Waals surface area (Å²) in [5, 5.41) is 25.5. The van der Waals surface area contributed by atoms with Crippen molar-refractivity contribution in [3.05, 3.63) is 467 Å². The zero-order chi connectivity index (χ0) is 85.4. The van der Waals surface area contributed by atoms with Crippen molar-refractivity contribution in [2.24, 2.45) is 0 Å². The Morgan fingerprint density at radius 2 is 0.385 bits per heavy atom. The Morgan fingerprint density at radius 3 is 0.808 bits per heavy atom. The molecule has 0 amide bonds.